The second-order valence-electron chi connectivity index (χ2n) is 6.46. The lowest BCUT2D eigenvalue weighted by Gasteiger charge is -2.21. The number of carboxylic acid groups (broad SMARTS) is 1. The number of thiophene rings is 1. The summed E-state index contributed by atoms with van der Waals surface area (Å²) in [6.07, 6.45) is 4.80. The number of aromatic nitrogens is 2. The number of nitrogens with zero attached hydrogens (tertiary/aromatic N) is 2. The molecule has 2 heterocycles. The Hall–Kier alpha value is -1.69. The Morgan fingerprint density at radius 3 is 2.91 bits per heavy atom. The molecular weight excluding hydrogens is 298 g/mol. The molecule has 3 rings (SSSR count). The normalized spacial score (nSPS) is 19.2. The van der Waals surface area contributed by atoms with E-state index in [9.17, 15) is 9.90 Å². The maximum atomic E-state index is 11.4. The minimum absolute atomic E-state index is 0.0167. The molecule has 2 aromatic heterocycles. The van der Waals surface area contributed by atoms with Gasteiger partial charge in [0.2, 0.25) is 0 Å². The van der Waals surface area contributed by atoms with Crippen LogP contribution in [0, 0.1) is 11.8 Å². The number of aliphatic carboxylic acids is 1. The van der Waals surface area contributed by atoms with Gasteiger partial charge in [0.25, 0.3) is 0 Å². The van der Waals surface area contributed by atoms with E-state index in [1.54, 1.807) is 11.3 Å². The smallest absolute Gasteiger partial charge is 0.326 e. The molecule has 0 saturated heterocycles. The van der Waals surface area contributed by atoms with E-state index in [4.69, 9.17) is 0 Å². The van der Waals surface area contributed by atoms with Gasteiger partial charge in [0.1, 0.15) is 23.0 Å². The molecule has 0 spiro atoms. The monoisotopic (exact) mass is 319 g/mol. The highest BCUT2D eigenvalue weighted by atomic mass is 32.1. The molecule has 6 heteroatoms. The number of hydrogen-bond acceptors (Lipinski definition) is 5. The van der Waals surface area contributed by atoms with Crippen LogP contribution in [0.2, 0.25) is 0 Å². The van der Waals surface area contributed by atoms with Crippen molar-refractivity contribution in [1.29, 1.82) is 0 Å². The van der Waals surface area contributed by atoms with Crippen LogP contribution >= 0.6 is 11.3 Å². The van der Waals surface area contributed by atoms with Gasteiger partial charge in [-0.25, -0.2) is 14.8 Å². The largest absolute Gasteiger partial charge is 0.480 e. The molecular formula is C16H21N3O2S. The van der Waals surface area contributed by atoms with Crippen molar-refractivity contribution in [2.75, 3.05) is 5.32 Å². The quantitative estimate of drug-likeness (QED) is 0.904. The maximum absolute atomic E-state index is 11.4. The SMILES string of the molecule is CC1CCc2c(sc3ncnc(NC(C(=O)O)C(C)C)c23)C1. The van der Waals surface area contributed by atoms with E-state index in [1.165, 1.54) is 23.2 Å². The third-order valence-corrected chi connectivity index (χ3v) is 5.48. The van der Waals surface area contributed by atoms with Crippen LogP contribution in [-0.2, 0) is 17.6 Å². The van der Waals surface area contributed by atoms with Crippen LogP contribution < -0.4 is 5.32 Å². The van der Waals surface area contributed by atoms with Crippen LogP contribution in [0.25, 0.3) is 10.2 Å². The van der Waals surface area contributed by atoms with Gasteiger partial charge in [-0.05, 0) is 36.7 Å². The molecule has 0 aliphatic heterocycles. The lowest BCUT2D eigenvalue weighted by atomic mass is 9.89. The Labute approximate surface area is 133 Å². The Balaban J connectivity index is 2.05. The first-order valence-corrected chi connectivity index (χ1v) is 8.53. The number of nitrogens with one attached hydrogen (secondary N) is 1. The second-order valence-corrected chi connectivity index (χ2v) is 7.54. The van der Waals surface area contributed by atoms with Gasteiger partial charge >= 0.3 is 5.97 Å². The summed E-state index contributed by atoms with van der Waals surface area (Å²) in [6, 6.07) is -0.642. The van der Waals surface area contributed by atoms with Crippen molar-refractivity contribution in [2.24, 2.45) is 11.8 Å². The van der Waals surface area contributed by atoms with Gasteiger partial charge in [-0.15, -0.1) is 11.3 Å². The van der Waals surface area contributed by atoms with Crippen molar-refractivity contribution < 1.29 is 9.90 Å². The molecule has 0 aromatic carbocycles. The minimum atomic E-state index is -0.848. The van der Waals surface area contributed by atoms with Gasteiger partial charge in [0.15, 0.2) is 0 Å². The van der Waals surface area contributed by atoms with Crippen molar-refractivity contribution >= 4 is 33.3 Å². The molecule has 0 amide bonds. The van der Waals surface area contributed by atoms with E-state index < -0.39 is 12.0 Å². The molecule has 0 saturated carbocycles. The first-order chi connectivity index (χ1) is 10.5. The second kappa shape index (κ2) is 5.83. The van der Waals surface area contributed by atoms with E-state index >= 15 is 0 Å². The summed E-state index contributed by atoms with van der Waals surface area (Å²) in [5.41, 5.74) is 1.31. The van der Waals surface area contributed by atoms with Gasteiger partial charge in [0, 0.05) is 4.88 Å². The first-order valence-electron chi connectivity index (χ1n) is 7.72. The molecule has 1 aliphatic rings. The summed E-state index contributed by atoms with van der Waals surface area (Å²) < 4.78 is 0. The van der Waals surface area contributed by atoms with Crippen molar-refractivity contribution in [3.8, 4) is 0 Å². The Morgan fingerprint density at radius 1 is 1.45 bits per heavy atom. The zero-order valence-corrected chi connectivity index (χ0v) is 13.9. The Bertz CT molecular complexity index is 711. The van der Waals surface area contributed by atoms with Crippen LogP contribution in [0.4, 0.5) is 5.82 Å². The number of aryl methyl sites for hydroxylation is 1. The zero-order chi connectivity index (χ0) is 15.9. The number of hydrogen-bond donors (Lipinski definition) is 2. The average Bonchev–Trinajstić information content (AvgIpc) is 2.81. The van der Waals surface area contributed by atoms with Crippen LogP contribution in [-0.4, -0.2) is 27.1 Å². The van der Waals surface area contributed by atoms with Crippen LogP contribution in [0.1, 0.15) is 37.6 Å². The number of carbonyl (C=O) groups is 1. The number of anilines is 1. The summed E-state index contributed by atoms with van der Waals surface area (Å²) in [4.78, 5) is 22.5. The molecule has 2 N–H and O–H groups in total. The van der Waals surface area contributed by atoms with Crippen LogP contribution in [0.15, 0.2) is 6.33 Å². The fourth-order valence-electron chi connectivity index (χ4n) is 3.05. The van der Waals surface area contributed by atoms with Gasteiger partial charge in [-0.2, -0.15) is 0 Å². The molecule has 2 atom stereocenters. The third kappa shape index (κ3) is 2.67. The molecule has 2 aromatic rings. The highest BCUT2D eigenvalue weighted by molar-refractivity contribution is 7.19. The minimum Gasteiger partial charge on any atom is -0.480 e. The van der Waals surface area contributed by atoms with Crippen LogP contribution in [0.3, 0.4) is 0 Å². The summed E-state index contributed by atoms with van der Waals surface area (Å²) in [6.45, 7) is 6.07. The molecule has 2 unspecified atom stereocenters. The van der Waals surface area contributed by atoms with Crippen molar-refractivity contribution in [3.05, 3.63) is 16.8 Å². The van der Waals surface area contributed by atoms with Crippen molar-refractivity contribution in [1.82, 2.24) is 9.97 Å². The fraction of sp³-hybridized carbons (Fsp3) is 0.562. The number of carboxylic acids is 1. The molecule has 0 fully saturated rings. The summed E-state index contributed by atoms with van der Waals surface area (Å²) in [5.74, 6) is 0.502. The van der Waals surface area contributed by atoms with E-state index in [2.05, 4.69) is 22.2 Å². The Morgan fingerprint density at radius 2 is 2.23 bits per heavy atom. The lowest BCUT2D eigenvalue weighted by Crippen LogP contribution is -2.34. The summed E-state index contributed by atoms with van der Waals surface area (Å²) >= 11 is 1.72. The lowest BCUT2D eigenvalue weighted by molar-refractivity contribution is -0.138. The van der Waals surface area contributed by atoms with E-state index in [1.807, 2.05) is 13.8 Å². The predicted octanol–water partition coefficient (Wildman–Crippen LogP) is 3.34. The summed E-state index contributed by atoms with van der Waals surface area (Å²) in [5, 5.41) is 13.6. The zero-order valence-electron chi connectivity index (χ0n) is 13.1. The van der Waals surface area contributed by atoms with Gasteiger partial charge < -0.3 is 10.4 Å². The highest BCUT2D eigenvalue weighted by Crippen LogP contribution is 2.39. The van der Waals surface area contributed by atoms with Crippen molar-refractivity contribution in [2.45, 2.75) is 46.1 Å². The standard InChI is InChI=1S/C16H21N3O2S/c1-8(2)13(16(20)21)19-14-12-10-5-4-9(3)6-11(10)22-15(12)18-7-17-14/h7-9,13H,4-6H2,1-3H3,(H,20,21)(H,17,18,19). The molecule has 5 nitrogen and oxygen atoms in total. The van der Waals surface area contributed by atoms with Gasteiger partial charge in [-0.1, -0.05) is 20.8 Å². The van der Waals surface area contributed by atoms with Crippen molar-refractivity contribution in [3.63, 3.8) is 0 Å². The topological polar surface area (TPSA) is 75.1 Å². The average molecular weight is 319 g/mol. The molecule has 1 aliphatic carbocycles. The van der Waals surface area contributed by atoms with Gasteiger partial charge in [-0.3, -0.25) is 0 Å². The molecule has 22 heavy (non-hydrogen) atoms. The first kappa shape index (κ1) is 15.2. The molecule has 118 valence electrons. The predicted molar refractivity (Wildman–Crippen MR) is 88.5 cm³/mol. The summed E-state index contributed by atoms with van der Waals surface area (Å²) in [7, 11) is 0. The van der Waals surface area contributed by atoms with Gasteiger partial charge in [0.05, 0.1) is 5.39 Å². The van der Waals surface area contributed by atoms with E-state index in [0.29, 0.717) is 11.7 Å². The third-order valence-electron chi connectivity index (χ3n) is 4.32. The van der Waals surface area contributed by atoms with E-state index in [0.717, 1.165) is 23.1 Å². The fourth-order valence-corrected chi connectivity index (χ4v) is 4.40. The number of rotatable bonds is 4. The highest BCUT2D eigenvalue weighted by Gasteiger charge is 2.26. The number of fused-ring (bicyclic) bond motifs is 3. The molecule has 0 radical (unpaired) electrons. The Kier molecular flexibility index (Phi) is 4.04. The maximum Gasteiger partial charge on any atom is 0.326 e. The van der Waals surface area contributed by atoms with Crippen LogP contribution in [0.5, 0.6) is 0 Å². The molecule has 0 bridgehead atoms. The van der Waals surface area contributed by atoms with E-state index in [-0.39, 0.29) is 5.92 Å².